The first-order valence-electron chi connectivity index (χ1n) is 7.62. The van der Waals surface area contributed by atoms with Crippen LogP contribution in [0.1, 0.15) is 36.4 Å². The molecule has 1 fully saturated rings. The van der Waals surface area contributed by atoms with Crippen LogP contribution in [0.15, 0.2) is 12.1 Å². The van der Waals surface area contributed by atoms with Crippen LogP contribution in [-0.2, 0) is 21.2 Å². The molecule has 1 amide bonds. The molecule has 3 rings (SSSR count). The van der Waals surface area contributed by atoms with E-state index < -0.39 is 33.6 Å². The summed E-state index contributed by atoms with van der Waals surface area (Å²) in [6.07, 6.45) is 2.28. The highest BCUT2D eigenvalue weighted by Gasteiger charge is 2.31. The van der Waals surface area contributed by atoms with E-state index in [0.29, 0.717) is 43.4 Å². The lowest BCUT2D eigenvalue weighted by atomic mass is 9.87. The predicted molar refractivity (Wildman–Crippen MR) is 80.2 cm³/mol. The zero-order chi connectivity index (χ0) is 16.6. The number of carbonyl (C=O) groups is 1. The number of sulfonamides is 1. The Kier molecular flexibility index (Phi) is 4.37. The zero-order valence-corrected chi connectivity index (χ0v) is 13.3. The van der Waals surface area contributed by atoms with Gasteiger partial charge in [0, 0.05) is 12.6 Å². The monoisotopic (exact) mass is 344 g/mol. The Morgan fingerprint density at radius 2 is 2.09 bits per heavy atom. The lowest BCUT2D eigenvalue weighted by molar-refractivity contribution is -0.122. The molecular formula is C15H18F2N2O3S. The van der Waals surface area contributed by atoms with Crippen molar-refractivity contribution < 1.29 is 22.0 Å². The summed E-state index contributed by atoms with van der Waals surface area (Å²) in [5.74, 6) is -1.66. The summed E-state index contributed by atoms with van der Waals surface area (Å²) in [6.45, 7) is 0.0895. The van der Waals surface area contributed by atoms with Crippen LogP contribution in [0.25, 0.3) is 0 Å². The third-order valence-corrected chi connectivity index (χ3v) is 6.25. The van der Waals surface area contributed by atoms with E-state index in [1.807, 2.05) is 0 Å². The maximum Gasteiger partial charge on any atom is 0.235 e. The van der Waals surface area contributed by atoms with Gasteiger partial charge in [0.2, 0.25) is 15.9 Å². The van der Waals surface area contributed by atoms with Crippen LogP contribution in [0.5, 0.6) is 0 Å². The lowest BCUT2D eigenvalue weighted by Gasteiger charge is -2.27. The van der Waals surface area contributed by atoms with Gasteiger partial charge in [0.15, 0.2) is 0 Å². The van der Waals surface area contributed by atoms with Crippen molar-refractivity contribution in [2.45, 2.75) is 31.7 Å². The summed E-state index contributed by atoms with van der Waals surface area (Å²) in [4.78, 5) is 12.1. The van der Waals surface area contributed by atoms with Gasteiger partial charge in [0.25, 0.3) is 0 Å². The number of fused-ring (bicyclic) bond motifs is 1. The molecule has 0 unspecified atom stereocenters. The summed E-state index contributed by atoms with van der Waals surface area (Å²) in [6, 6.07) is 1.61. The number of amides is 1. The number of nitrogens with zero attached hydrogens (tertiary/aromatic N) is 1. The van der Waals surface area contributed by atoms with Crippen LogP contribution in [0.3, 0.4) is 0 Å². The first kappa shape index (κ1) is 16.3. The molecule has 0 bridgehead atoms. The SMILES string of the molecule is O=C(CN1CCCS1(=O)=O)N[C@@H]1CCCc2c(F)cc(F)cc21. The third kappa shape index (κ3) is 3.37. The van der Waals surface area contributed by atoms with Gasteiger partial charge in [-0.1, -0.05) is 0 Å². The molecule has 23 heavy (non-hydrogen) atoms. The van der Waals surface area contributed by atoms with Crippen LogP contribution >= 0.6 is 0 Å². The number of nitrogens with one attached hydrogen (secondary N) is 1. The van der Waals surface area contributed by atoms with E-state index in [4.69, 9.17) is 0 Å². The van der Waals surface area contributed by atoms with Crippen LogP contribution in [0, 0.1) is 11.6 Å². The quantitative estimate of drug-likeness (QED) is 0.903. The number of hydrogen-bond acceptors (Lipinski definition) is 3. The van der Waals surface area contributed by atoms with Crippen LogP contribution in [0.4, 0.5) is 8.78 Å². The Bertz CT molecular complexity index is 736. The van der Waals surface area contributed by atoms with Gasteiger partial charge in [-0.25, -0.2) is 17.2 Å². The molecule has 1 aromatic carbocycles. The highest BCUT2D eigenvalue weighted by atomic mass is 32.2. The van der Waals surface area contributed by atoms with E-state index in [1.165, 1.54) is 6.07 Å². The first-order valence-corrected chi connectivity index (χ1v) is 9.23. The normalized spacial score (nSPS) is 23.5. The number of halogens is 2. The topological polar surface area (TPSA) is 66.5 Å². The maximum absolute atomic E-state index is 13.8. The Labute approximate surface area is 133 Å². The third-order valence-electron chi connectivity index (χ3n) is 4.35. The molecule has 5 nitrogen and oxygen atoms in total. The molecule has 1 heterocycles. The minimum Gasteiger partial charge on any atom is -0.348 e. The van der Waals surface area contributed by atoms with Gasteiger partial charge in [0.1, 0.15) is 11.6 Å². The Hall–Kier alpha value is -1.54. The minimum atomic E-state index is -3.34. The summed E-state index contributed by atoms with van der Waals surface area (Å²) in [7, 11) is -3.34. The highest BCUT2D eigenvalue weighted by molar-refractivity contribution is 7.89. The zero-order valence-electron chi connectivity index (χ0n) is 12.5. The van der Waals surface area contributed by atoms with Gasteiger partial charge in [-0.15, -0.1) is 0 Å². The van der Waals surface area contributed by atoms with Crippen molar-refractivity contribution in [1.29, 1.82) is 0 Å². The van der Waals surface area contributed by atoms with E-state index in [9.17, 15) is 22.0 Å². The van der Waals surface area contributed by atoms with E-state index in [1.54, 1.807) is 0 Å². The molecule has 1 N–H and O–H groups in total. The molecule has 1 aliphatic heterocycles. The minimum absolute atomic E-state index is 0.0585. The van der Waals surface area contributed by atoms with Gasteiger partial charge >= 0.3 is 0 Å². The Balaban J connectivity index is 1.73. The molecule has 0 aromatic heterocycles. The van der Waals surface area contributed by atoms with E-state index in [-0.39, 0.29) is 12.3 Å². The van der Waals surface area contributed by atoms with Gasteiger partial charge in [-0.2, -0.15) is 4.31 Å². The fourth-order valence-corrected chi connectivity index (χ4v) is 4.73. The van der Waals surface area contributed by atoms with Gasteiger partial charge in [0.05, 0.1) is 18.3 Å². The van der Waals surface area contributed by atoms with Crippen molar-refractivity contribution >= 4 is 15.9 Å². The summed E-state index contributed by atoms with van der Waals surface area (Å²) >= 11 is 0. The van der Waals surface area contributed by atoms with Crippen molar-refractivity contribution in [3.63, 3.8) is 0 Å². The number of carbonyl (C=O) groups excluding carboxylic acids is 1. The van der Waals surface area contributed by atoms with E-state index >= 15 is 0 Å². The van der Waals surface area contributed by atoms with E-state index in [0.717, 1.165) is 10.4 Å². The van der Waals surface area contributed by atoms with Crippen molar-refractivity contribution in [2.75, 3.05) is 18.8 Å². The van der Waals surface area contributed by atoms with Crippen molar-refractivity contribution in [3.8, 4) is 0 Å². The lowest BCUT2D eigenvalue weighted by Crippen LogP contribution is -2.40. The number of rotatable bonds is 3. The molecule has 0 saturated carbocycles. The fraction of sp³-hybridized carbons (Fsp3) is 0.533. The Morgan fingerprint density at radius 1 is 1.30 bits per heavy atom. The van der Waals surface area contributed by atoms with Crippen LogP contribution in [-0.4, -0.2) is 37.5 Å². The van der Waals surface area contributed by atoms with E-state index in [2.05, 4.69) is 5.32 Å². The largest absolute Gasteiger partial charge is 0.348 e. The molecule has 0 radical (unpaired) electrons. The summed E-state index contributed by atoms with van der Waals surface area (Å²) < 4.78 is 51.9. The van der Waals surface area contributed by atoms with Gasteiger partial charge in [-0.3, -0.25) is 4.79 Å². The van der Waals surface area contributed by atoms with Crippen molar-refractivity contribution in [3.05, 3.63) is 34.9 Å². The van der Waals surface area contributed by atoms with Gasteiger partial charge < -0.3 is 5.32 Å². The number of hydrogen-bond donors (Lipinski definition) is 1. The molecule has 8 heteroatoms. The summed E-state index contributed by atoms with van der Waals surface area (Å²) in [5, 5.41) is 2.72. The second kappa shape index (κ2) is 6.16. The second-order valence-electron chi connectivity index (χ2n) is 5.97. The molecular weight excluding hydrogens is 326 g/mol. The predicted octanol–water partition coefficient (Wildman–Crippen LogP) is 1.49. The molecule has 1 aliphatic carbocycles. The molecule has 1 aromatic rings. The fourth-order valence-electron chi connectivity index (χ4n) is 3.26. The Morgan fingerprint density at radius 3 is 2.78 bits per heavy atom. The molecule has 1 saturated heterocycles. The average molecular weight is 344 g/mol. The molecule has 2 aliphatic rings. The van der Waals surface area contributed by atoms with Crippen LogP contribution in [0.2, 0.25) is 0 Å². The first-order chi connectivity index (χ1) is 10.9. The summed E-state index contributed by atoms with van der Waals surface area (Å²) in [5.41, 5.74) is 0.878. The number of benzene rings is 1. The van der Waals surface area contributed by atoms with Crippen molar-refractivity contribution in [2.24, 2.45) is 0 Å². The standard InChI is InChI=1S/C15H18F2N2O3S/c16-10-7-12-11(13(17)8-10)3-1-4-14(12)18-15(20)9-19-5-2-6-23(19,21)22/h7-8,14H,1-6,9H2,(H,18,20)/t14-/m1/s1. The van der Waals surface area contributed by atoms with Crippen LogP contribution < -0.4 is 5.32 Å². The molecule has 1 atom stereocenters. The van der Waals surface area contributed by atoms with Crippen molar-refractivity contribution in [1.82, 2.24) is 9.62 Å². The van der Waals surface area contributed by atoms with Gasteiger partial charge in [-0.05, 0) is 42.9 Å². The maximum atomic E-state index is 13.8. The molecule has 0 spiro atoms. The average Bonchev–Trinajstić information content (AvgIpc) is 2.78. The second-order valence-corrected chi connectivity index (χ2v) is 8.06. The molecule has 126 valence electrons. The highest BCUT2D eigenvalue weighted by Crippen LogP contribution is 2.32. The smallest absolute Gasteiger partial charge is 0.235 e.